The average molecular weight is 431 g/mol. The second-order valence-electron chi connectivity index (χ2n) is 6.48. The number of sulfonamides is 1. The Labute approximate surface area is 157 Å². The average Bonchev–Trinajstić information content (AvgIpc) is 3.17. The van der Waals surface area contributed by atoms with Crippen LogP contribution >= 0.6 is 15.9 Å². The van der Waals surface area contributed by atoms with Crippen molar-refractivity contribution in [2.45, 2.75) is 36.7 Å². The highest BCUT2D eigenvalue weighted by Gasteiger charge is 2.30. The predicted molar refractivity (Wildman–Crippen MR) is 98.1 cm³/mol. The number of hydrogen-bond donors (Lipinski definition) is 0. The molecule has 0 aromatic heterocycles. The molecule has 2 fully saturated rings. The van der Waals surface area contributed by atoms with E-state index in [0.29, 0.717) is 36.2 Å². The molecule has 8 heteroatoms. The van der Waals surface area contributed by atoms with Gasteiger partial charge in [-0.05, 0) is 59.8 Å². The first kappa shape index (κ1) is 18.8. The van der Waals surface area contributed by atoms with E-state index in [0.717, 1.165) is 25.7 Å². The topological polar surface area (TPSA) is 66.9 Å². The van der Waals surface area contributed by atoms with Gasteiger partial charge in [0, 0.05) is 37.8 Å². The lowest BCUT2D eigenvalue weighted by atomic mass is 10.1. The molecule has 0 atom stereocenters. The van der Waals surface area contributed by atoms with Crippen LogP contribution in [0.25, 0.3) is 0 Å². The molecule has 1 aromatic rings. The molecule has 1 amide bonds. The van der Waals surface area contributed by atoms with Gasteiger partial charge in [-0.2, -0.15) is 4.31 Å². The maximum atomic E-state index is 12.9. The van der Waals surface area contributed by atoms with Crippen molar-refractivity contribution < 1.29 is 17.9 Å². The third kappa shape index (κ3) is 3.92. The SMILES string of the molecule is COC1CCN(C(=O)c2cc(S(=O)(=O)N3CCCC3)ccc2Br)CC1. The monoisotopic (exact) mass is 430 g/mol. The molecule has 0 bridgehead atoms. The molecule has 0 radical (unpaired) electrons. The zero-order valence-electron chi connectivity index (χ0n) is 14.3. The number of carbonyl (C=O) groups excluding carboxylic acids is 1. The van der Waals surface area contributed by atoms with Crippen molar-refractivity contribution in [2.24, 2.45) is 0 Å². The van der Waals surface area contributed by atoms with Gasteiger partial charge in [-0.1, -0.05) is 0 Å². The van der Waals surface area contributed by atoms with Crippen molar-refractivity contribution in [1.82, 2.24) is 9.21 Å². The van der Waals surface area contributed by atoms with Crippen molar-refractivity contribution >= 4 is 31.9 Å². The minimum Gasteiger partial charge on any atom is -0.381 e. The van der Waals surface area contributed by atoms with Crippen LogP contribution in [0, 0.1) is 0 Å². The molecule has 2 heterocycles. The van der Waals surface area contributed by atoms with Crippen molar-refractivity contribution in [3.05, 3.63) is 28.2 Å². The van der Waals surface area contributed by atoms with E-state index in [1.807, 2.05) is 0 Å². The van der Waals surface area contributed by atoms with Crippen LogP contribution in [-0.4, -0.2) is 62.9 Å². The number of methoxy groups -OCH3 is 1. The molecule has 25 heavy (non-hydrogen) atoms. The van der Waals surface area contributed by atoms with E-state index in [1.165, 1.54) is 10.4 Å². The van der Waals surface area contributed by atoms with Gasteiger partial charge in [0.25, 0.3) is 5.91 Å². The Morgan fingerprint density at radius 3 is 2.40 bits per heavy atom. The Kier molecular flexibility index (Phi) is 5.82. The molecule has 0 spiro atoms. The van der Waals surface area contributed by atoms with Crippen LogP contribution < -0.4 is 0 Å². The summed E-state index contributed by atoms with van der Waals surface area (Å²) in [5.74, 6) is -0.139. The second-order valence-corrected chi connectivity index (χ2v) is 9.27. The highest BCUT2D eigenvalue weighted by Crippen LogP contribution is 2.27. The summed E-state index contributed by atoms with van der Waals surface area (Å²) in [5.41, 5.74) is 0.399. The van der Waals surface area contributed by atoms with Crippen LogP contribution in [0.4, 0.5) is 0 Å². The maximum Gasteiger partial charge on any atom is 0.255 e. The van der Waals surface area contributed by atoms with Gasteiger partial charge in [-0.3, -0.25) is 4.79 Å². The van der Waals surface area contributed by atoms with E-state index in [4.69, 9.17) is 4.74 Å². The number of amides is 1. The van der Waals surface area contributed by atoms with Crippen molar-refractivity contribution in [2.75, 3.05) is 33.3 Å². The van der Waals surface area contributed by atoms with Crippen LogP contribution in [0.15, 0.2) is 27.6 Å². The Morgan fingerprint density at radius 1 is 1.16 bits per heavy atom. The molecule has 0 N–H and O–H groups in total. The smallest absolute Gasteiger partial charge is 0.255 e. The summed E-state index contributed by atoms with van der Waals surface area (Å²) < 4.78 is 32.9. The number of halogens is 1. The summed E-state index contributed by atoms with van der Waals surface area (Å²) in [6, 6.07) is 4.71. The lowest BCUT2D eigenvalue weighted by Crippen LogP contribution is -2.40. The van der Waals surface area contributed by atoms with Gasteiger partial charge < -0.3 is 9.64 Å². The Morgan fingerprint density at radius 2 is 1.80 bits per heavy atom. The normalized spacial score (nSPS) is 20.2. The molecule has 2 aliphatic rings. The lowest BCUT2D eigenvalue weighted by molar-refractivity contribution is 0.0350. The van der Waals surface area contributed by atoms with Gasteiger partial charge in [0.1, 0.15) is 0 Å². The fourth-order valence-electron chi connectivity index (χ4n) is 3.37. The zero-order chi connectivity index (χ0) is 18.0. The Balaban J connectivity index is 1.83. The highest BCUT2D eigenvalue weighted by molar-refractivity contribution is 9.10. The minimum absolute atomic E-state index is 0.139. The molecular weight excluding hydrogens is 408 g/mol. The first-order chi connectivity index (χ1) is 11.9. The van der Waals surface area contributed by atoms with Gasteiger partial charge in [0.15, 0.2) is 0 Å². The molecule has 6 nitrogen and oxygen atoms in total. The van der Waals surface area contributed by atoms with Crippen LogP contribution in [0.3, 0.4) is 0 Å². The van der Waals surface area contributed by atoms with E-state index in [9.17, 15) is 13.2 Å². The molecule has 3 rings (SSSR count). The number of benzene rings is 1. The Hall–Kier alpha value is -0.960. The van der Waals surface area contributed by atoms with Crippen molar-refractivity contribution in [3.63, 3.8) is 0 Å². The molecule has 1 aromatic carbocycles. The summed E-state index contributed by atoms with van der Waals surface area (Å²) in [6.07, 6.45) is 3.55. The second kappa shape index (κ2) is 7.73. The summed E-state index contributed by atoms with van der Waals surface area (Å²) >= 11 is 3.39. The van der Waals surface area contributed by atoms with E-state index in [1.54, 1.807) is 24.1 Å². The first-order valence-corrected chi connectivity index (χ1v) is 10.8. The van der Waals surface area contributed by atoms with Gasteiger partial charge in [0.2, 0.25) is 10.0 Å². The van der Waals surface area contributed by atoms with Gasteiger partial charge in [0.05, 0.1) is 16.6 Å². The first-order valence-electron chi connectivity index (χ1n) is 8.55. The summed E-state index contributed by atoms with van der Waals surface area (Å²) in [6.45, 7) is 2.33. The van der Waals surface area contributed by atoms with Crippen LogP contribution in [-0.2, 0) is 14.8 Å². The fraction of sp³-hybridized carbons (Fsp3) is 0.588. The van der Waals surface area contributed by atoms with Crippen LogP contribution in [0.5, 0.6) is 0 Å². The summed E-state index contributed by atoms with van der Waals surface area (Å²) in [4.78, 5) is 14.8. The Bertz CT molecular complexity index is 739. The fourth-order valence-corrected chi connectivity index (χ4v) is 5.33. The largest absolute Gasteiger partial charge is 0.381 e. The predicted octanol–water partition coefficient (Wildman–Crippen LogP) is 2.48. The minimum atomic E-state index is -3.53. The number of hydrogen-bond acceptors (Lipinski definition) is 4. The quantitative estimate of drug-likeness (QED) is 0.735. The molecule has 0 aliphatic carbocycles. The highest BCUT2D eigenvalue weighted by atomic mass is 79.9. The molecule has 138 valence electrons. The molecule has 0 saturated carbocycles. The van der Waals surface area contributed by atoms with Gasteiger partial charge >= 0.3 is 0 Å². The molecule has 2 saturated heterocycles. The van der Waals surface area contributed by atoms with Crippen LogP contribution in [0.2, 0.25) is 0 Å². The number of piperidine rings is 1. The molecular formula is C17H23BrN2O4S. The van der Waals surface area contributed by atoms with E-state index < -0.39 is 10.0 Å². The third-order valence-electron chi connectivity index (χ3n) is 4.93. The lowest BCUT2D eigenvalue weighted by Gasteiger charge is -2.31. The van der Waals surface area contributed by atoms with E-state index in [2.05, 4.69) is 15.9 Å². The van der Waals surface area contributed by atoms with Crippen molar-refractivity contribution in [3.8, 4) is 0 Å². The van der Waals surface area contributed by atoms with Gasteiger partial charge in [-0.15, -0.1) is 0 Å². The van der Waals surface area contributed by atoms with Gasteiger partial charge in [-0.25, -0.2) is 8.42 Å². The van der Waals surface area contributed by atoms with E-state index >= 15 is 0 Å². The van der Waals surface area contributed by atoms with Crippen LogP contribution in [0.1, 0.15) is 36.0 Å². The maximum absolute atomic E-state index is 12.9. The number of ether oxygens (including phenoxy) is 1. The van der Waals surface area contributed by atoms with Crippen molar-refractivity contribution in [1.29, 1.82) is 0 Å². The number of rotatable bonds is 4. The molecule has 0 unspecified atom stereocenters. The van der Waals surface area contributed by atoms with E-state index in [-0.39, 0.29) is 16.9 Å². The third-order valence-corrected chi connectivity index (χ3v) is 7.52. The number of nitrogens with zero attached hydrogens (tertiary/aromatic N) is 2. The summed E-state index contributed by atoms with van der Waals surface area (Å²) in [5, 5.41) is 0. The molecule has 2 aliphatic heterocycles. The number of likely N-dealkylation sites (tertiary alicyclic amines) is 1. The standard InChI is InChI=1S/C17H23BrN2O4S/c1-24-13-6-10-19(11-7-13)17(21)15-12-14(4-5-16(15)18)25(22,23)20-8-2-3-9-20/h4-5,12-13H,2-3,6-11H2,1H3. The zero-order valence-corrected chi connectivity index (χ0v) is 16.7. The number of carbonyl (C=O) groups is 1. The summed E-state index contributed by atoms with van der Waals surface area (Å²) in [7, 11) is -1.85.